The van der Waals surface area contributed by atoms with Crippen LogP contribution in [0.3, 0.4) is 0 Å². The van der Waals surface area contributed by atoms with Gasteiger partial charge in [-0.25, -0.2) is 9.79 Å². The lowest BCUT2D eigenvalue weighted by Crippen LogP contribution is -2.26. The minimum Gasteiger partial charge on any atom is -0.478 e. The molecule has 1 unspecified atom stereocenters. The van der Waals surface area contributed by atoms with Gasteiger partial charge in [0.05, 0.1) is 16.5 Å². The number of rotatable bonds is 4. The zero-order valence-corrected chi connectivity index (χ0v) is 14.0. The van der Waals surface area contributed by atoms with E-state index < -0.39 is 11.2 Å². The molecule has 1 heterocycles. The quantitative estimate of drug-likeness (QED) is 0.874. The molecule has 1 amide bonds. The van der Waals surface area contributed by atoms with E-state index in [4.69, 9.17) is 11.6 Å². The van der Waals surface area contributed by atoms with E-state index in [1.165, 1.54) is 17.8 Å². The number of carbonyl (C=O) groups excluding carboxylic acids is 1. The van der Waals surface area contributed by atoms with Gasteiger partial charge < -0.3 is 10.4 Å². The van der Waals surface area contributed by atoms with Crippen molar-refractivity contribution in [3.05, 3.63) is 64.7 Å². The number of halogens is 1. The predicted molar refractivity (Wildman–Crippen MR) is 95.2 cm³/mol. The van der Waals surface area contributed by atoms with Crippen LogP contribution >= 0.6 is 23.4 Å². The van der Waals surface area contributed by atoms with Crippen LogP contribution in [0.15, 0.2) is 53.5 Å². The molecule has 2 N–H and O–H groups in total. The van der Waals surface area contributed by atoms with Crippen molar-refractivity contribution in [3.8, 4) is 0 Å². The molecule has 0 bridgehead atoms. The first-order valence-corrected chi connectivity index (χ1v) is 8.41. The molecule has 0 aliphatic carbocycles. The summed E-state index contributed by atoms with van der Waals surface area (Å²) in [6.07, 6.45) is 0.332. The van der Waals surface area contributed by atoms with Crippen LogP contribution < -0.4 is 5.32 Å². The number of amidine groups is 1. The molecule has 0 aromatic heterocycles. The van der Waals surface area contributed by atoms with E-state index in [2.05, 4.69) is 10.3 Å². The Hall–Kier alpha value is -2.31. The summed E-state index contributed by atoms with van der Waals surface area (Å²) < 4.78 is 0. The predicted octanol–water partition coefficient (Wildman–Crippen LogP) is 3.50. The third-order valence-corrected chi connectivity index (χ3v) is 4.82. The average molecular weight is 361 g/mol. The molecule has 0 spiro atoms. The number of nitrogens with zero attached hydrogens (tertiary/aromatic N) is 1. The molecule has 1 aliphatic heterocycles. The Balaban J connectivity index is 1.76. The summed E-state index contributed by atoms with van der Waals surface area (Å²) in [5.74, 6) is -1.17. The van der Waals surface area contributed by atoms with Crippen molar-refractivity contribution in [2.24, 2.45) is 4.99 Å². The Morgan fingerprint density at radius 1 is 1.21 bits per heavy atom. The molecule has 0 radical (unpaired) electrons. The molecular weight excluding hydrogens is 348 g/mol. The van der Waals surface area contributed by atoms with Gasteiger partial charge in [0.15, 0.2) is 5.17 Å². The van der Waals surface area contributed by atoms with E-state index in [0.717, 1.165) is 0 Å². The van der Waals surface area contributed by atoms with Crippen LogP contribution in [-0.4, -0.2) is 27.4 Å². The zero-order valence-electron chi connectivity index (χ0n) is 12.4. The number of amides is 1. The highest BCUT2D eigenvalue weighted by molar-refractivity contribution is 8.15. The van der Waals surface area contributed by atoms with Crippen molar-refractivity contribution in [3.63, 3.8) is 0 Å². The summed E-state index contributed by atoms with van der Waals surface area (Å²) in [4.78, 5) is 27.8. The number of aliphatic imine (C=N–C) groups is 1. The zero-order chi connectivity index (χ0) is 17.1. The summed E-state index contributed by atoms with van der Waals surface area (Å²) in [5.41, 5.74) is 1.54. The van der Waals surface area contributed by atoms with Gasteiger partial charge in [0.25, 0.3) is 0 Å². The van der Waals surface area contributed by atoms with Crippen LogP contribution in [0.5, 0.6) is 0 Å². The summed E-state index contributed by atoms with van der Waals surface area (Å²) >= 11 is 7.13. The maximum absolute atomic E-state index is 12.1. The van der Waals surface area contributed by atoms with Gasteiger partial charge in [-0.1, -0.05) is 41.6 Å². The number of carboxylic acids is 1. The van der Waals surface area contributed by atoms with Gasteiger partial charge in [0, 0.05) is 5.02 Å². The lowest BCUT2D eigenvalue weighted by atomic mass is 10.0. The van der Waals surface area contributed by atoms with E-state index >= 15 is 0 Å². The summed E-state index contributed by atoms with van der Waals surface area (Å²) in [6.45, 7) is 0. The Bertz CT molecular complexity index is 821. The van der Waals surface area contributed by atoms with Crippen LogP contribution in [0.25, 0.3) is 0 Å². The first-order valence-electron chi connectivity index (χ1n) is 7.16. The molecule has 1 fully saturated rings. The van der Waals surface area contributed by atoms with Gasteiger partial charge in [0.1, 0.15) is 0 Å². The minimum atomic E-state index is -0.996. The van der Waals surface area contributed by atoms with E-state index in [1.54, 1.807) is 42.5 Å². The maximum Gasteiger partial charge on any atom is 0.335 e. The molecule has 3 rings (SSSR count). The molecule has 1 saturated heterocycles. The number of thioether (sulfide) groups is 1. The Morgan fingerprint density at radius 3 is 2.62 bits per heavy atom. The number of hydrogen-bond donors (Lipinski definition) is 2. The SMILES string of the molecule is O=C(O)c1ccccc1CC1SC(=Nc2ccc(Cl)cc2)NC1=O. The lowest BCUT2D eigenvalue weighted by molar-refractivity contribution is -0.118. The second kappa shape index (κ2) is 7.07. The fourth-order valence-electron chi connectivity index (χ4n) is 2.33. The second-order valence-electron chi connectivity index (χ2n) is 5.16. The number of benzene rings is 2. The van der Waals surface area contributed by atoms with Crippen molar-refractivity contribution in [1.29, 1.82) is 0 Å². The van der Waals surface area contributed by atoms with Gasteiger partial charge in [-0.3, -0.25) is 4.79 Å². The van der Waals surface area contributed by atoms with Gasteiger partial charge in [-0.15, -0.1) is 0 Å². The Kier molecular flexibility index (Phi) is 4.87. The van der Waals surface area contributed by atoms with Crippen LogP contribution in [-0.2, 0) is 11.2 Å². The fourth-order valence-corrected chi connectivity index (χ4v) is 3.47. The first-order chi connectivity index (χ1) is 11.5. The summed E-state index contributed by atoms with van der Waals surface area (Å²) in [5, 5.41) is 12.7. The normalized spacial score (nSPS) is 18.6. The highest BCUT2D eigenvalue weighted by Gasteiger charge is 2.31. The number of aromatic carboxylic acids is 1. The maximum atomic E-state index is 12.1. The van der Waals surface area contributed by atoms with E-state index in [0.29, 0.717) is 27.9 Å². The second-order valence-corrected chi connectivity index (χ2v) is 6.78. The number of carbonyl (C=O) groups is 2. The van der Waals surface area contributed by atoms with Crippen molar-refractivity contribution < 1.29 is 14.7 Å². The van der Waals surface area contributed by atoms with Crippen molar-refractivity contribution in [2.75, 3.05) is 0 Å². The largest absolute Gasteiger partial charge is 0.478 e. The fraction of sp³-hybridized carbons (Fsp3) is 0.118. The van der Waals surface area contributed by atoms with E-state index in [-0.39, 0.29) is 11.5 Å². The Morgan fingerprint density at radius 2 is 1.92 bits per heavy atom. The molecule has 24 heavy (non-hydrogen) atoms. The van der Waals surface area contributed by atoms with Crippen LogP contribution in [0, 0.1) is 0 Å². The van der Waals surface area contributed by atoms with Gasteiger partial charge in [-0.05, 0) is 42.3 Å². The third kappa shape index (κ3) is 3.77. The molecule has 1 aliphatic rings. The Labute approximate surface area is 147 Å². The van der Waals surface area contributed by atoms with Crippen molar-refractivity contribution >= 4 is 46.1 Å². The van der Waals surface area contributed by atoms with Gasteiger partial charge in [0.2, 0.25) is 5.91 Å². The van der Waals surface area contributed by atoms with Gasteiger partial charge in [-0.2, -0.15) is 0 Å². The molecule has 1 atom stereocenters. The first kappa shape index (κ1) is 16.5. The monoisotopic (exact) mass is 360 g/mol. The van der Waals surface area contributed by atoms with Crippen LogP contribution in [0.2, 0.25) is 5.02 Å². The van der Waals surface area contributed by atoms with Gasteiger partial charge >= 0.3 is 5.97 Å². The van der Waals surface area contributed by atoms with Crippen molar-refractivity contribution in [2.45, 2.75) is 11.7 Å². The number of carboxylic acid groups (broad SMARTS) is 1. The molecule has 122 valence electrons. The van der Waals surface area contributed by atoms with E-state index in [9.17, 15) is 14.7 Å². The summed E-state index contributed by atoms with van der Waals surface area (Å²) in [6, 6.07) is 13.7. The number of hydrogen-bond acceptors (Lipinski definition) is 4. The highest BCUT2D eigenvalue weighted by Crippen LogP contribution is 2.27. The molecule has 7 heteroatoms. The molecular formula is C17H13ClN2O3S. The molecule has 2 aromatic carbocycles. The van der Waals surface area contributed by atoms with Crippen LogP contribution in [0.4, 0.5) is 5.69 Å². The smallest absolute Gasteiger partial charge is 0.335 e. The third-order valence-electron chi connectivity index (χ3n) is 3.49. The van der Waals surface area contributed by atoms with Crippen LogP contribution in [0.1, 0.15) is 15.9 Å². The minimum absolute atomic E-state index is 0.173. The lowest BCUT2D eigenvalue weighted by Gasteiger charge is -2.08. The molecule has 0 saturated carbocycles. The number of nitrogens with one attached hydrogen (secondary N) is 1. The van der Waals surface area contributed by atoms with Crippen molar-refractivity contribution in [1.82, 2.24) is 5.32 Å². The average Bonchev–Trinajstić information content (AvgIpc) is 2.89. The molecule has 5 nitrogen and oxygen atoms in total. The highest BCUT2D eigenvalue weighted by atomic mass is 35.5. The standard InChI is InChI=1S/C17H13ClN2O3S/c18-11-5-7-12(8-6-11)19-17-20-15(21)14(24-17)9-10-3-1-2-4-13(10)16(22)23/h1-8,14H,9H2,(H,22,23)(H,19,20,21). The molecule has 2 aromatic rings. The topological polar surface area (TPSA) is 78.8 Å². The summed E-state index contributed by atoms with van der Waals surface area (Å²) in [7, 11) is 0. The van der Waals surface area contributed by atoms with E-state index in [1.807, 2.05) is 0 Å².